The molecule has 0 heterocycles. The fourth-order valence-corrected chi connectivity index (χ4v) is 0.177. The molecular weight excluding hydrogens is 598 g/mol. The van der Waals surface area contributed by atoms with E-state index < -0.39 is 0 Å². The maximum atomic E-state index is 6.60. The van der Waals surface area contributed by atoms with Crippen molar-refractivity contribution in [1.82, 2.24) is 0 Å². The summed E-state index contributed by atoms with van der Waals surface area (Å²) >= 11 is 0. The van der Waals surface area contributed by atoms with E-state index in [0.717, 1.165) is 19.3 Å². The topological polar surface area (TPSA) is 574 Å². The van der Waals surface area contributed by atoms with Crippen LogP contribution >= 0.6 is 0 Å². The maximum absolute atomic E-state index is 6.60. The summed E-state index contributed by atoms with van der Waals surface area (Å²) in [5, 5.41) is 0. The molecule has 0 bridgehead atoms. The van der Waals surface area contributed by atoms with Crippen LogP contribution in [0.5, 0.6) is 0 Å². The van der Waals surface area contributed by atoms with Gasteiger partial charge in [-0.3, -0.25) is 0 Å². The van der Waals surface area contributed by atoms with Gasteiger partial charge in [-0.15, -0.1) is 0 Å². The van der Waals surface area contributed by atoms with Gasteiger partial charge in [0.1, 0.15) is 0 Å². The molecule has 0 rings (SSSR count). The summed E-state index contributed by atoms with van der Waals surface area (Å²) < 4.78 is 0. The molecule has 0 amide bonds. The Hall–Kier alpha value is 0.332. The molecule has 0 saturated heterocycles. The van der Waals surface area contributed by atoms with E-state index in [4.69, 9.17) is 17.2 Å². The second-order valence-corrected chi connectivity index (χ2v) is 2.21. The van der Waals surface area contributed by atoms with Gasteiger partial charge in [0.25, 0.3) is 0 Å². The van der Waals surface area contributed by atoms with Crippen molar-refractivity contribution in [2.75, 3.05) is 19.6 Å². The second-order valence-electron chi connectivity index (χ2n) is 2.21. The molecule has 18 nitrogen and oxygen atoms in total. The number of hydrogen-bond donors (Lipinski definition) is 0. The number of nitrogens with two attached hydrogens (primary N) is 15. The van der Waals surface area contributed by atoms with Crippen molar-refractivity contribution >= 4 is 0 Å². The summed E-state index contributed by atoms with van der Waals surface area (Å²) in [6, 6.07) is 0. The predicted octanol–water partition coefficient (Wildman–Crippen LogP) is 15.1. The first-order valence-corrected chi connectivity index (χ1v) is 4.68. The number of hydrogen-bond acceptors (Lipinski definition) is 0. The second kappa shape index (κ2) is 473. The SMILES string of the molecule is CCCC[NH-].CCC[NH-].CC[NH-].[NH2-].[NH2-].[NH2-].[NH2-].[NH2-].[NH2-].[NH2-].[NH2-].[NH2-].[NH2-].[NH2-].[NH2-].[NH2-].[NH2-].[NH2-].[U]. The molecule has 0 atom stereocenters. The van der Waals surface area contributed by atoms with E-state index in [1.54, 1.807) is 6.92 Å². The molecule has 0 saturated carbocycles. The average molecular weight is 653 g/mol. The van der Waals surface area contributed by atoms with Crippen molar-refractivity contribution in [3.05, 3.63) is 109 Å². The molecule has 0 unspecified atom stereocenters. The van der Waals surface area contributed by atoms with Gasteiger partial charge in [-0.1, -0.05) is 40.0 Å². The van der Waals surface area contributed by atoms with Gasteiger partial charge < -0.3 is 109 Å². The Balaban J connectivity index is -0.00000000201. The van der Waals surface area contributed by atoms with Gasteiger partial charge in [0.2, 0.25) is 0 Å². The van der Waals surface area contributed by atoms with Crippen molar-refractivity contribution in [2.24, 2.45) is 0 Å². The Morgan fingerprint density at radius 1 is 0.393 bits per heavy atom. The standard InChI is InChI=1S/C4H10N.C3H8N.C2H6N.15H2N.U/c1-2-3-4-5;1-2-3-4;1-2-3;;;;;;;;;;;;;;;;/h5H,2-4H2,1H3;4H,2-3H2,1H3;3H,2H2,1H3;15*1H2;/q18*-1;. The number of rotatable bonds is 3. The van der Waals surface area contributed by atoms with Crippen LogP contribution < -0.4 is 0 Å². The van der Waals surface area contributed by atoms with Crippen molar-refractivity contribution < 1.29 is 31.1 Å². The van der Waals surface area contributed by atoms with Crippen molar-refractivity contribution in [1.29, 1.82) is 0 Å². The first-order valence-electron chi connectivity index (χ1n) is 4.68. The van der Waals surface area contributed by atoms with E-state index in [9.17, 15) is 0 Å². The van der Waals surface area contributed by atoms with E-state index in [2.05, 4.69) is 6.92 Å². The van der Waals surface area contributed by atoms with Crippen LogP contribution in [0, 0.1) is 31.1 Å². The quantitative estimate of drug-likeness (QED) is 0.274. The van der Waals surface area contributed by atoms with Crippen molar-refractivity contribution in [2.45, 2.75) is 40.0 Å². The van der Waals surface area contributed by atoms with Gasteiger partial charge in [-0.2, -0.15) is 19.6 Å². The van der Waals surface area contributed by atoms with Crippen LogP contribution in [-0.2, 0) is 0 Å². The van der Waals surface area contributed by atoms with E-state index in [-0.39, 0.29) is 123 Å². The first kappa shape index (κ1) is 243. The third-order valence-corrected chi connectivity index (χ3v) is 0.780. The van der Waals surface area contributed by atoms with E-state index in [1.165, 1.54) is 0 Å². The molecule has 0 aromatic carbocycles. The summed E-state index contributed by atoms with van der Waals surface area (Å²) in [5.41, 5.74) is 19.3. The van der Waals surface area contributed by atoms with Crippen LogP contribution in [-0.4, -0.2) is 19.6 Å². The van der Waals surface area contributed by atoms with E-state index in [0.29, 0.717) is 19.6 Å². The fraction of sp³-hybridized carbons (Fsp3) is 1.00. The molecule has 0 fully saturated rings. The van der Waals surface area contributed by atoms with E-state index in [1.807, 2.05) is 6.92 Å². The van der Waals surface area contributed by atoms with E-state index >= 15 is 0 Å². The molecule has 0 aromatic heterocycles. The minimum absolute atomic E-state index is 0. The van der Waals surface area contributed by atoms with Crippen LogP contribution in [0.4, 0.5) is 0 Å². The normalized spacial score (nSPS) is 3.21. The third-order valence-electron chi connectivity index (χ3n) is 0.780. The zero-order chi connectivity index (χ0) is 10.2. The van der Waals surface area contributed by atoms with Crippen LogP contribution in [0.25, 0.3) is 109 Å². The molecule has 0 spiro atoms. The van der Waals surface area contributed by atoms with Crippen molar-refractivity contribution in [3.8, 4) is 0 Å². The fourth-order valence-electron chi connectivity index (χ4n) is 0.177. The Labute approximate surface area is 200 Å². The zero-order valence-electron chi connectivity index (χ0n) is 17.9. The molecule has 0 radical (unpaired) electrons. The summed E-state index contributed by atoms with van der Waals surface area (Å²) in [4.78, 5) is 0. The molecule has 202 valence electrons. The minimum Gasteiger partial charge on any atom is -0.693 e. The number of unbranched alkanes of at least 4 members (excludes halogenated alkanes) is 1. The summed E-state index contributed by atoms with van der Waals surface area (Å²) in [6.07, 6.45) is 3.20. The monoisotopic (exact) mass is 653 g/mol. The largest absolute Gasteiger partial charge is 0.693 e. The molecule has 0 aliphatic rings. The first-order chi connectivity index (χ1) is 5.74. The van der Waals surface area contributed by atoms with Gasteiger partial charge in [0, 0.05) is 31.1 Å². The van der Waals surface area contributed by atoms with Gasteiger partial charge in [-0.05, 0) is 0 Å². The molecule has 0 aliphatic heterocycles. The van der Waals surface area contributed by atoms with Crippen LogP contribution in [0.15, 0.2) is 0 Å². The third kappa shape index (κ3) is 1520. The predicted molar refractivity (Wildman–Crippen MR) is 138 cm³/mol. The van der Waals surface area contributed by atoms with Crippen LogP contribution in [0.1, 0.15) is 40.0 Å². The smallest absolute Gasteiger partial charge is 0 e. The Morgan fingerprint density at radius 2 is 0.536 bits per heavy atom. The van der Waals surface area contributed by atoms with Gasteiger partial charge in [-0.25, -0.2) is 0 Å². The van der Waals surface area contributed by atoms with Crippen LogP contribution in [0.3, 0.4) is 0 Å². The average Bonchev–Trinajstić information content (AvgIpc) is 2.08. The Bertz CT molecular complexity index is 58.0. The summed E-state index contributed by atoms with van der Waals surface area (Å²) in [5.74, 6) is 0. The summed E-state index contributed by atoms with van der Waals surface area (Å²) in [6.45, 7) is 7.54. The molecule has 33 N–H and O–H groups in total. The Kier molecular flexibility index (Phi) is 4100. The summed E-state index contributed by atoms with van der Waals surface area (Å²) in [7, 11) is 0. The maximum Gasteiger partial charge on any atom is 0 e. The minimum atomic E-state index is 0. The number of nitrogens with one attached hydrogen (secondary N) is 3. The van der Waals surface area contributed by atoms with Gasteiger partial charge in [0.15, 0.2) is 0 Å². The molecular formula is C9H54N18U-18. The zero-order valence-corrected chi connectivity index (χ0v) is 22.1. The van der Waals surface area contributed by atoms with Crippen LogP contribution in [0.2, 0.25) is 0 Å². The van der Waals surface area contributed by atoms with Gasteiger partial charge in [0.05, 0.1) is 0 Å². The Morgan fingerprint density at radius 3 is 0.536 bits per heavy atom. The molecule has 0 aliphatic carbocycles. The van der Waals surface area contributed by atoms with Gasteiger partial charge >= 0.3 is 0 Å². The molecule has 19 heteroatoms. The van der Waals surface area contributed by atoms with Crippen molar-refractivity contribution in [3.63, 3.8) is 0 Å². The molecule has 0 aromatic rings. The molecule has 28 heavy (non-hydrogen) atoms.